The minimum absolute atomic E-state index is 0.126. The molecule has 4 aliphatic rings. The molecule has 0 saturated heterocycles. The van der Waals surface area contributed by atoms with Crippen LogP contribution in [0.5, 0.6) is 0 Å². The minimum atomic E-state index is -1.01. The third kappa shape index (κ3) is 3.15. The number of carbonyl (C=O) groups is 1. The molecule has 1 amide bonds. The number of aliphatic hydroxyl groups is 1. The molecule has 8 rings (SSSR count). The summed E-state index contributed by atoms with van der Waals surface area (Å²) in [6, 6.07) is 27.8. The third-order valence-electron chi connectivity index (χ3n) is 8.97. The molecule has 6 heteroatoms. The summed E-state index contributed by atoms with van der Waals surface area (Å²) in [7, 11) is 1.71. The molecule has 0 aliphatic carbocycles. The molecule has 0 spiro atoms. The largest absolute Gasteiger partial charge is 0.369 e. The summed E-state index contributed by atoms with van der Waals surface area (Å²) in [5.74, 6) is -0.126. The van der Waals surface area contributed by atoms with Crippen LogP contribution in [0.25, 0.3) is 0 Å². The van der Waals surface area contributed by atoms with E-state index in [4.69, 9.17) is 0 Å². The van der Waals surface area contributed by atoms with Crippen LogP contribution in [0.4, 0.5) is 34.1 Å². The number of carbonyl (C=O) groups excluding carboxylic acids is 1. The number of benzene rings is 4. The van der Waals surface area contributed by atoms with Crippen molar-refractivity contribution in [3.63, 3.8) is 0 Å². The fraction of sp³-hybridized carbons (Fsp3) is 0.242. The van der Waals surface area contributed by atoms with E-state index in [2.05, 4.69) is 93.6 Å². The Labute approximate surface area is 228 Å². The van der Waals surface area contributed by atoms with Gasteiger partial charge in [-0.3, -0.25) is 4.79 Å². The van der Waals surface area contributed by atoms with Crippen LogP contribution in [0.3, 0.4) is 0 Å². The molecule has 4 aromatic rings. The quantitative estimate of drug-likeness (QED) is 0.372. The number of para-hydroxylation sites is 3. The summed E-state index contributed by atoms with van der Waals surface area (Å²) in [5, 5.41) is 11.7. The van der Waals surface area contributed by atoms with E-state index in [0.29, 0.717) is 5.56 Å². The molecule has 0 fully saturated rings. The highest BCUT2D eigenvalue weighted by Crippen LogP contribution is 2.54. The summed E-state index contributed by atoms with van der Waals surface area (Å²) in [6.45, 7) is 2.47. The molecule has 1 unspecified atom stereocenters. The average Bonchev–Trinajstić information content (AvgIpc) is 3.75. The van der Waals surface area contributed by atoms with Crippen LogP contribution in [0.2, 0.25) is 0 Å². The Hall–Kier alpha value is -4.29. The van der Waals surface area contributed by atoms with Gasteiger partial charge in [0.1, 0.15) is 0 Å². The Morgan fingerprint density at radius 3 is 1.67 bits per heavy atom. The highest BCUT2D eigenvalue weighted by atomic mass is 16.3. The monoisotopic (exact) mass is 514 g/mol. The van der Waals surface area contributed by atoms with Crippen LogP contribution in [-0.2, 0) is 19.3 Å². The second-order valence-corrected chi connectivity index (χ2v) is 10.9. The first-order valence-corrected chi connectivity index (χ1v) is 13.8. The summed E-state index contributed by atoms with van der Waals surface area (Å²) in [6.07, 6.45) is 1.82. The molecular weight excluding hydrogens is 484 g/mol. The van der Waals surface area contributed by atoms with Gasteiger partial charge in [-0.1, -0.05) is 54.6 Å². The van der Waals surface area contributed by atoms with Gasteiger partial charge in [0.05, 0.1) is 22.6 Å². The summed E-state index contributed by atoms with van der Waals surface area (Å²) < 4.78 is 0. The number of amides is 1. The van der Waals surface area contributed by atoms with E-state index in [9.17, 15) is 9.90 Å². The van der Waals surface area contributed by atoms with Crippen molar-refractivity contribution >= 4 is 40.0 Å². The van der Waals surface area contributed by atoms with E-state index in [1.165, 1.54) is 27.3 Å². The lowest BCUT2D eigenvalue weighted by Crippen LogP contribution is -2.24. The first-order valence-electron chi connectivity index (χ1n) is 13.8. The number of anilines is 6. The van der Waals surface area contributed by atoms with E-state index in [0.717, 1.165) is 72.9 Å². The van der Waals surface area contributed by atoms with Crippen LogP contribution in [0.15, 0.2) is 78.9 Å². The lowest BCUT2D eigenvalue weighted by Gasteiger charge is -2.33. The van der Waals surface area contributed by atoms with E-state index >= 15 is 0 Å². The van der Waals surface area contributed by atoms with E-state index in [1.807, 2.05) is 0 Å². The first kappa shape index (κ1) is 22.7. The van der Waals surface area contributed by atoms with Gasteiger partial charge in [-0.05, 0) is 60.2 Å². The normalized spacial score (nSPS) is 19.0. The lowest BCUT2D eigenvalue weighted by atomic mass is 9.99. The molecule has 39 heavy (non-hydrogen) atoms. The van der Waals surface area contributed by atoms with Crippen molar-refractivity contribution in [3.05, 3.63) is 107 Å². The zero-order chi connectivity index (χ0) is 26.2. The standard InChI is InChI=1S/C33H30N4O2/c1-34-32(38)29-27(35-17-14-21-8-2-5-11-24(21)35)20-28(36-18-15-22-9-3-6-12-25(22)36)31(30(29)33(34)39)37-19-16-23-10-4-7-13-26(23)37/h2-13,20,33,39H,14-19H2,1H3. The molecule has 4 aliphatic heterocycles. The van der Waals surface area contributed by atoms with Crippen molar-refractivity contribution in [2.45, 2.75) is 25.5 Å². The van der Waals surface area contributed by atoms with Crippen LogP contribution in [0.1, 0.15) is 38.8 Å². The molecule has 0 saturated carbocycles. The maximum absolute atomic E-state index is 13.8. The Morgan fingerprint density at radius 2 is 1.10 bits per heavy atom. The van der Waals surface area contributed by atoms with Gasteiger partial charge in [0.2, 0.25) is 0 Å². The fourth-order valence-corrected chi connectivity index (χ4v) is 7.07. The lowest BCUT2D eigenvalue weighted by molar-refractivity contribution is 0.0304. The van der Waals surface area contributed by atoms with Crippen molar-refractivity contribution < 1.29 is 9.90 Å². The predicted octanol–water partition coefficient (Wildman–Crippen LogP) is 5.85. The molecule has 0 bridgehead atoms. The number of rotatable bonds is 3. The van der Waals surface area contributed by atoms with E-state index < -0.39 is 6.23 Å². The van der Waals surface area contributed by atoms with Gasteiger partial charge in [0.15, 0.2) is 6.23 Å². The van der Waals surface area contributed by atoms with E-state index in [-0.39, 0.29) is 5.91 Å². The van der Waals surface area contributed by atoms with Crippen LogP contribution >= 0.6 is 0 Å². The van der Waals surface area contributed by atoms with Crippen molar-refractivity contribution in [3.8, 4) is 0 Å². The summed E-state index contributed by atoms with van der Waals surface area (Å²) >= 11 is 0. The molecule has 4 heterocycles. The highest BCUT2D eigenvalue weighted by molar-refractivity contribution is 6.10. The van der Waals surface area contributed by atoms with Crippen molar-refractivity contribution in [2.24, 2.45) is 0 Å². The molecule has 1 atom stereocenters. The maximum Gasteiger partial charge on any atom is 0.258 e. The maximum atomic E-state index is 13.8. The van der Waals surface area contributed by atoms with Crippen molar-refractivity contribution in [1.29, 1.82) is 0 Å². The Bertz CT molecular complexity index is 1660. The summed E-state index contributed by atoms with van der Waals surface area (Å²) in [5.41, 5.74) is 11.6. The van der Waals surface area contributed by atoms with Crippen molar-refractivity contribution in [2.75, 3.05) is 41.4 Å². The zero-order valence-corrected chi connectivity index (χ0v) is 22.0. The molecule has 194 valence electrons. The number of fused-ring (bicyclic) bond motifs is 4. The molecule has 4 aromatic carbocycles. The number of aliphatic hydroxyl groups excluding tert-OH is 1. The SMILES string of the molecule is CN1C(=O)c2c(N3CCc4ccccc43)cc(N3CCc4ccccc43)c(N3CCc4ccccc43)c2C1O. The molecule has 1 N–H and O–H groups in total. The minimum Gasteiger partial charge on any atom is -0.369 e. The van der Waals surface area contributed by atoms with Crippen molar-refractivity contribution in [1.82, 2.24) is 4.90 Å². The third-order valence-corrected chi connectivity index (χ3v) is 8.97. The average molecular weight is 515 g/mol. The van der Waals surface area contributed by atoms with Crippen LogP contribution < -0.4 is 14.7 Å². The Kier molecular flexibility index (Phi) is 4.86. The second kappa shape index (κ2) is 8.35. The van der Waals surface area contributed by atoms with Gasteiger partial charge >= 0.3 is 0 Å². The molecular formula is C33H30N4O2. The van der Waals surface area contributed by atoms with E-state index in [1.54, 1.807) is 7.05 Å². The van der Waals surface area contributed by atoms with Gasteiger partial charge in [-0.2, -0.15) is 0 Å². The first-order chi connectivity index (χ1) is 19.1. The molecule has 6 nitrogen and oxygen atoms in total. The number of hydrogen-bond acceptors (Lipinski definition) is 5. The zero-order valence-electron chi connectivity index (χ0n) is 22.0. The van der Waals surface area contributed by atoms with Gasteiger partial charge in [-0.25, -0.2) is 0 Å². The predicted molar refractivity (Wildman–Crippen MR) is 155 cm³/mol. The van der Waals surface area contributed by atoms with Gasteiger partial charge in [0.25, 0.3) is 5.91 Å². The van der Waals surface area contributed by atoms with Gasteiger partial charge in [-0.15, -0.1) is 0 Å². The Morgan fingerprint density at radius 1 is 0.641 bits per heavy atom. The topological polar surface area (TPSA) is 50.3 Å². The van der Waals surface area contributed by atoms with Crippen LogP contribution in [-0.4, -0.2) is 42.6 Å². The summed E-state index contributed by atoms with van der Waals surface area (Å²) in [4.78, 5) is 22.4. The Balaban J connectivity index is 1.43. The number of nitrogens with zero attached hydrogens (tertiary/aromatic N) is 4. The second-order valence-electron chi connectivity index (χ2n) is 10.9. The van der Waals surface area contributed by atoms with Crippen LogP contribution in [0, 0.1) is 0 Å². The number of hydrogen-bond donors (Lipinski definition) is 1. The van der Waals surface area contributed by atoms with Gasteiger partial charge in [0, 0.05) is 49.3 Å². The molecule has 0 aromatic heterocycles. The van der Waals surface area contributed by atoms with Gasteiger partial charge < -0.3 is 24.7 Å². The smallest absolute Gasteiger partial charge is 0.258 e. The highest BCUT2D eigenvalue weighted by Gasteiger charge is 2.44. The fourth-order valence-electron chi connectivity index (χ4n) is 7.07. The molecule has 0 radical (unpaired) electrons.